The number of nitrogens with zero attached hydrogens (tertiary/aromatic N) is 5. The summed E-state index contributed by atoms with van der Waals surface area (Å²) in [5.41, 5.74) is 0.382. The first kappa shape index (κ1) is 22.8. The molecule has 3 fully saturated rings. The van der Waals surface area contributed by atoms with Gasteiger partial charge in [0, 0.05) is 32.2 Å². The third-order valence-corrected chi connectivity index (χ3v) is 7.50. The first-order valence-corrected chi connectivity index (χ1v) is 12.7. The van der Waals surface area contributed by atoms with Gasteiger partial charge in [-0.25, -0.2) is 4.68 Å². The zero-order valence-corrected chi connectivity index (χ0v) is 20.0. The second kappa shape index (κ2) is 10.1. The van der Waals surface area contributed by atoms with E-state index in [1.54, 1.807) is 10.9 Å². The van der Waals surface area contributed by atoms with Crippen LogP contribution in [0.5, 0.6) is 0 Å². The minimum Gasteiger partial charge on any atom is -0.382 e. The van der Waals surface area contributed by atoms with Crippen LogP contribution in [0.4, 0.5) is 5.69 Å². The Morgan fingerprint density at radius 3 is 2.76 bits per heavy atom. The maximum absolute atomic E-state index is 13.0. The van der Waals surface area contributed by atoms with Crippen LogP contribution in [0.3, 0.4) is 0 Å². The van der Waals surface area contributed by atoms with Gasteiger partial charge in [-0.1, -0.05) is 23.7 Å². The van der Waals surface area contributed by atoms with E-state index in [4.69, 9.17) is 20.9 Å². The first-order chi connectivity index (χ1) is 16.1. The Morgan fingerprint density at radius 1 is 1.24 bits per heavy atom. The molecule has 1 saturated carbocycles. The summed E-state index contributed by atoms with van der Waals surface area (Å²) in [5, 5.41) is 12.2. The third kappa shape index (κ3) is 5.10. The standard InChI is InChI=1S/C23H33ClN6O3/c1-2-19(22-27-21(28-33-22)16-5-6-16)29-9-7-17(8-10-29)30-23(31)20(24)18(13-26-30)25-12-15-4-3-11-32-14-15/h13,15-17,19,25H,2-12,14H2,1H3. The Labute approximate surface area is 198 Å². The summed E-state index contributed by atoms with van der Waals surface area (Å²) in [6.07, 6.45) is 8.78. The predicted molar refractivity (Wildman–Crippen MR) is 125 cm³/mol. The van der Waals surface area contributed by atoms with Crippen molar-refractivity contribution in [1.29, 1.82) is 0 Å². The molecular formula is C23H33ClN6O3. The molecule has 180 valence electrons. The molecule has 0 bridgehead atoms. The van der Waals surface area contributed by atoms with Crippen molar-refractivity contribution in [1.82, 2.24) is 24.8 Å². The monoisotopic (exact) mass is 476 g/mol. The van der Waals surface area contributed by atoms with E-state index < -0.39 is 0 Å². The second-order valence-electron chi connectivity index (χ2n) is 9.54. The summed E-state index contributed by atoms with van der Waals surface area (Å²) >= 11 is 6.44. The largest absolute Gasteiger partial charge is 0.382 e. The highest BCUT2D eigenvalue weighted by molar-refractivity contribution is 6.32. The molecule has 0 radical (unpaired) electrons. The molecule has 2 atom stereocenters. The molecule has 3 aliphatic rings. The van der Waals surface area contributed by atoms with Gasteiger partial charge in [0.05, 0.1) is 30.6 Å². The molecule has 2 aromatic heterocycles. The molecule has 2 saturated heterocycles. The molecular weight excluding hydrogens is 444 g/mol. The summed E-state index contributed by atoms with van der Waals surface area (Å²) in [6, 6.07) is 0.156. The van der Waals surface area contributed by atoms with Gasteiger partial charge in [-0.05, 0) is 50.9 Å². The van der Waals surface area contributed by atoms with Crippen molar-refractivity contribution in [2.24, 2.45) is 5.92 Å². The van der Waals surface area contributed by atoms with E-state index in [1.807, 2.05) is 0 Å². The normalized spacial score (nSPS) is 23.5. The fourth-order valence-corrected chi connectivity index (χ4v) is 5.17. The third-order valence-electron chi connectivity index (χ3n) is 7.14. The molecule has 1 aliphatic carbocycles. The molecule has 2 aromatic rings. The summed E-state index contributed by atoms with van der Waals surface area (Å²) in [5.74, 6) is 2.50. The van der Waals surface area contributed by atoms with Crippen molar-refractivity contribution >= 4 is 17.3 Å². The van der Waals surface area contributed by atoms with Crippen LogP contribution in [0.2, 0.25) is 5.02 Å². The van der Waals surface area contributed by atoms with Crippen LogP contribution in [0.1, 0.15) is 81.6 Å². The molecule has 5 rings (SSSR count). The Hall–Kier alpha value is -1.97. The maximum Gasteiger partial charge on any atom is 0.287 e. The number of anilines is 1. The van der Waals surface area contributed by atoms with Crippen LogP contribution in [0.15, 0.2) is 15.5 Å². The molecule has 0 spiro atoms. The van der Waals surface area contributed by atoms with E-state index in [9.17, 15) is 4.79 Å². The molecule has 10 heteroatoms. The summed E-state index contributed by atoms with van der Waals surface area (Å²) in [4.78, 5) is 20.0. The Morgan fingerprint density at radius 2 is 2.06 bits per heavy atom. The molecule has 33 heavy (non-hydrogen) atoms. The van der Waals surface area contributed by atoms with Crippen LogP contribution in [0.25, 0.3) is 0 Å². The van der Waals surface area contributed by atoms with Gasteiger partial charge in [0.15, 0.2) is 5.82 Å². The van der Waals surface area contributed by atoms with E-state index in [0.29, 0.717) is 17.5 Å². The number of nitrogens with one attached hydrogen (secondary N) is 1. The minimum atomic E-state index is -0.224. The van der Waals surface area contributed by atoms with Crippen LogP contribution in [-0.2, 0) is 4.74 Å². The van der Waals surface area contributed by atoms with E-state index in [2.05, 4.69) is 32.4 Å². The van der Waals surface area contributed by atoms with Gasteiger partial charge in [0.1, 0.15) is 5.02 Å². The molecule has 2 aliphatic heterocycles. The fourth-order valence-electron chi connectivity index (χ4n) is 4.97. The fraction of sp³-hybridized carbons (Fsp3) is 0.739. The number of rotatable bonds is 8. The Kier molecular flexibility index (Phi) is 6.99. The minimum absolute atomic E-state index is 0.0364. The molecule has 9 nitrogen and oxygen atoms in total. The van der Waals surface area contributed by atoms with Crippen molar-refractivity contribution in [3.63, 3.8) is 0 Å². The zero-order chi connectivity index (χ0) is 22.8. The van der Waals surface area contributed by atoms with E-state index in [-0.39, 0.29) is 22.7 Å². The van der Waals surface area contributed by atoms with Crippen LogP contribution in [0, 0.1) is 5.92 Å². The molecule has 0 aromatic carbocycles. The average molecular weight is 477 g/mol. The van der Waals surface area contributed by atoms with Crippen LogP contribution >= 0.6 is 11.6 Å². The van der Waals surface area contributed by atoms with Gasteiger partial charge in [0.2, 0.25) is 5.89 Å². The maximum atomic E-state index is 13.0. The van der Waals surface area contributed by atoms with E-state index >= 15 is 0 Å². The zero-order valence-electron chi connectivity index (χ0n) is 19.2. The predicted octanol–water partition coefficient (Wildman–Crippen LogP) is 3.78. The van der Waals surface area contributed by atoms with Crippen molar-refractivity contribution in [3.8, 4) is 0 Å². The van der Waals surface area contributed by atoms with Gasteiger partial charge < -0.3 is 14.6 Å². The van der Waals surface area contributed by atoms with Crippen molar-refractivity contribution < 1.29 is 9.26 Å². The Balaban J connectivity index is 1.20. The van der Waals surface area contributed by atoms with Crippen molar-refractivity contribution in [2.75, 3.05) is 38.2 Å². The van der Waals surface area contributed by atoms with Gasteiger partial charge in [0.25, 0.3) is 5.56 Å². The van der Waals surface area contributed by atoms with Gasteiger partial charge in [-0.2, -0.15) is 10.1 Å². The lowest BCUT2D eigenvalue weighted by atomic mass is 10.0. The highest BCUT2D eigenvalue weighted by Gasteiger charge is 2.33. The van der Waals surface area contributed by atoms with Gasteiger partial charge >= 0.3 is 0 Å². The lowest BCUT2D eigenvalue weighted by Crippen LogP contribution is -2.40. The number of likely N-dealkylation sites (tertiary alicyclic amines) is 1. The van der Waals surface area contributed by atoms with Gasteiger partial charge in [-0.3, -0.25) is 9.69 Å². The summed E-state index contributed by atoms with van der Waals surface area (Å²) in [6.45, 7) is 6.16. The van der Waals surface area contributed by atoms with Crippen molar-refractivity contribution in [3.05, 3.63) is 33.3 Å². The first-order valence-electron chi connectivity index (χ1n) is 12.3. The second-order valence-corrected chi connectivity index (χ2v) is 9.92. The number of hydrogen-bond donors (Lipinski definition) is 1. The molecule has 4 heterocycles. The Bertz CT molecular complexity index is 992. The number of halogens is 1. The van der Waals surface area contributed by atoms with Gasteiger partial charge in [-0.15, -0.1) is 0 Å². The summed E-state index contributed by atoms with van der Waals surface area (Å²) in [7, 11) is 0. The smallest absolute Gasteiger partial charge is 0.287 e. The highest BCUT2D eigenvalue weighted by Crippen LogP contribution is 2.39. The average Bonchev–Trinajstić information content (AvgIpc) is 3.59. The highest BCUT2D eigenvalue weighted by atomic mass is 35.5. The van der Waals surface area contributed by atoms with Crippen LogP contribution in [-0.4, -0.2) is 57.7 Å². The number of aromatic nitrogens is 4. The lowest BCUT2D eigenvalue weighted by molar-refractivity contribution is 0.0595. The molecule has 2 unspecified atom stereocenters. The topological polar surface area (TPSA) is 98.3 Å². The molecule has 1 N–H and O–H groups in total. The SMILES string of the molecule is CCC(c1nc(C2CC2)no1)N1CCC(n2ncc(NCC3CCCOC3)c(Cl)c2=O)CC1. The quantitative estimate of drug-likeness (QED) is 0.614. The summed E-state index contributed by atoms with van der Waals surface area (Å²) < 4.78 is 12.7. The van der Waals surface area contributed by atoms with E-state index in [0.717, 1.165) is 89.5 Å². The molecule has 0 amide bonds. The number of piperidine rings is 1. The number of ether oxygens (including phenoxy) is 1. The van der Waals surface area contributed by atoms with Crippen LogP contribution < -0.4 is 10.9 Å². The van der Waals surface area contributed by atoms with E-state index in [1.165, 1.54) is 0 Å². The van der Waals surface area contributed by atoms with Crippen molar-refractivity contribution in [2.45, 2.75) is 69.9 Å². The number of hydrogen-bond acceptors (Lipinski definition) is 8. The lowest BCUT2D eigenvalue weighted by Gasteiger charge is -2.35.